The number of amides is 1. The molecule has 2 aromatic carbocycles. The number of sulfonamides is 1. The highest BCUT2D eigenvalue weighted by Crippen LogP contribution is 2.22. The van der Waals surface area contributed by atoms with Gasteiger partial charge in [-0.05, 0) is 68.5 Å². The van der Waals surface area contributed by atoms with Crippen molar-refractivity contribution in [2.75, 3.05) is 13.1 Å². The van der Waals surface area contributed by atoms with Gasteiger partial charge < -0.3 is 5.32 Å². The Morgan fingerprint density at radius 2 is 1.71 bits per heavy atom. The maximum Gasteiger partial charge on any atom is 0.251 e. The molecule has 28 heavy (non-hydrogen) atoms. The number of piperidine rings is 1. The summed E-state index contributed by atoms with van der Waals surface area (Å²) in [5.41, 5.74) is 3.76. The average Bonchev–Trinajstić information content (AvgIpc) is 2.70. The van der Waals surface area contributed by atoms with E-state index in [4.69, 9.17) is 0 Å². The van der Waals surface area contributed by atoms with Gasteiger partial charge in [0.2, 0.25) is 10.0 Å². The fourth-order valence-electron chi connectivity index (χ4n) is 3.45. The van der Waals surface area contributed by atoms with Crippen molar-refractivity contribution in [3.05, 3.63) is 64.7 Å². The van der Waals surface area contributed by atoms with Crippen molar-refractivity contribution in [2.45, 2.75) is 51.0 Å². The number of nitrogens with zero attached hydrogens (tertiary/aromatic N) is 1. The number of hydrogen-bond donors (Lipinski definition) is 1. The molecule has 0 aliphatic carbocycles. The third kappa shape index (κ3) is 4.45. The predicted octanol–water partition coefficient (Wildman–Crippen LogP) is 3.97. The van der Waals surface area contributed by atoms with Crippen LogP contribution < -0.4 is 5.32 Å². The Balaban J connectivity index is 1.77. The largest absolute Gasteiger partial charge is 0.346 e. The first-order chi connectivity index (χ1) is 13.3. The molecule has 0 bridgehead atoms. The lowest BCUT2D eigenvalue weighted by atomic mass is 10.0. The third-order valence-corrected chi connectivity index (χ3v) is 7.32. The smallest absolute Gasteiger partial charge is 0.251 e. The second kappa shape index (κ2) is 8.45. The minimum absolute atomic E-state index is 0.172. The highest BCUT2D eigenvalue weighted by Gasteiger charge is 2.26. The highest BCUT2D eigenvalue weighted by molar-refractivity contribution is 7.89. The summed E-state index contributed by atoms with van der Waals surface area (Å²) in [4.78, 5) is 12.9. The molecule has 1 aliphatic heterocycles. The van der Waals surface area contributed by atoms with E-state index in [-0.39, 0.29) is 16.8 Å². The average molecular weight is 401 g/mol. The van der Waals surface area contributed by atoms with Crippen LogP contribution in [-0.4, -0.2) is 31.7 Å². The molecule has 0 radical (unpaired) electrons. The predicted molar refractivity (Wildman–Crippen MR) is 111 cm³/mol. The number of benzene rings is 2. The Labute approximate surface area is 167 Å². The van der Waals surface area contributed by atoms with E-state index in [1.54, 1.807) is 18.2 Å². The van der Waals surface area contributed by atoms with Crippen molar-refractivity contribution in [1.82, 2.24) is 9.62 Å². The summed E-state index contributed by atoms with van der Waals surface area (Å²) >= 11 is 0. The Hall–Kier alpha value is -2.18. The summed E-state index contributed by atoms with van der Waals surface area (Å²) in [5, 5.41) is 2.97. The lowest BCUT2D eigenvalue weighted by Gasteiger charge is -2.26. The topological polar surface area (TPSA) is 66.5 Å². The van der Waals surface area contributed by atoms with E-state index in [0.29, 0.717) is 18.7 Å². The standard InChI is InChI=1S/C22H28N2O3S/c1-16-10-11-19(14-17(16)2)18(3)23-22(25)20-8-7-9-21(15-20)28(26,27)24-12-5-4-6-13-24/h7-11,14-15,18H,4-6,12-13H2,1-3H3,(H,23,25). The number of nitrogens with one attached hydrogen (secondary N) is 1. The molecule has 1 heterocycles. The van der Waals surface area contributed by atoms with Crippen LogP contribution in [-0.2, 0) is 10.0 Å². The highest BCUT2D eigenvalue weighted by atomic mass is 32.2. The maximum absolute atomic E-state index is 12.9. The van der Waals surface area contributed by atoms with Crippen molar-refractivity contribution in [3.63, 3.8) is 0 Å². The molecule has 1 N–H and O–H groups in total. The van der Waals surface area contributed by atoms with Crippen LogP contribution in [0.1, 0.15) is 59.3 Å². The van der Waals surface area contributed by atoms with E-state index in [1.165, 1.54) is 21.5 Å². The van der Waals surface area contributed by atoms with Gasteiger partial charge in [0.1, 0.15) is 0 Å². The van der Waals surface area contributed by atoms with Gasteiger partial charge in [-0.15, -0.1) is 0 Å². The molecule has 0 spiro atoms. The molecule has 1 amide bonds. The first-order valence-corrected chi connectivity index (χ1v) is 11.2. The van der Waals surface area contributed by atoms with E-state index in [2.05, 4.69) is 18.3 Å². The lowest BCUT2D eigenvalue weighted by Crippen LogP contribution is -2.35. The van der Waals surface area contributed by atoms with Gasteiger partial charge in [-0.1, -0.05) is 30.7 Å². The molecule has 1 saturated heterocycles. The molecule has 2 aromatic rings. The second-order valence-electron chi connectivity index (χ2n) is 7.53. The van der Waals surface area contributed by atoms with Gasteiger partial charge in [-0.2, -0.15) is 4.31 Å². The SMILES string of the molecule is Cc1ccc(C(C)NC(=O)c2cccc(S(=O)(=O)N3CCCCC3)c2)cc1C. The van der Waals surface area contributed by atoms with Gasteiger partial charge in [0.05, 0.1) is 10.9 Å². The summed E-state index contributed by atoms with van der Waals surface area (Å²) in [6.45, 7) is 7.11. The van der Waals surface area contributed by atoms with Gasteiger partial charge in [-0.25, -0.2) is 8.42 Å². The number of rotatable bonds is 5. The molecule has 1 atom stereocenters. The molecule has 1 unspecified atom stereocenters. The Kier molecular flexibility index (Phi) is 6.20. The van der Waals surface area contributed by atoms with Crippen LogP contribution in [0.15, 0.2) is 47.4 Å². The molecule has 3 rings (SSSR count). The van der Waals surface area contributed by atoms with E-state index in [9.17, 15) is 13.2 Å². The van der Waals surface area contributed by atoms with Crippen molar-refractivity contribution >= 4 is 15.9 Å². The van der Waals surface area contributed by atoms with Crippen LogP contribution >= 0.6 is 0 Å². The third-order valence-electron chi connectivity index (χ3n) is 5.43. The zero-order valence-electron chi connectivity index (χ0n) is 16.7. The zero-order chi connectivity index (χ0) is 20.3. The van der Waals surface area contributed by atoms with Crippen LogP contribution in [0.25, 0.3) is 0 Å². The monoisotopic (exact) mass is 400 g/mol. The van der Waals surface area contributed by atoms with E-state index in [0.717, 1.165) is 24.8 Å². The van der Waals surface area contributed by atoms with Gasteiger partial charge >= 0.3 is 0 Å². The summed E-state index contributed by atoms with van der Waals surface area (Å²) in [7, 11) is -3.56. The van der Waals surface area contributed by atoms with Crippen molar-refractivity contribution in [2.24, 2.45) is 0 Å². The van der Waals surface area contributed by atoms with Crippen molar-refractivity contribution < 1.29 is 13.2 Å². The van der Waals surface area contributed by atoms with Gasteiger partial charge in [-0.3, -0.25) is 4.79 Å². The Bertz CT molecular complexity index is 963. The fourth-order valence-corrected chi connectivity index (χ4v) is 5.01. The maximum atomic E-state index is 12.9. The molecule has 1 aliphatic rings. The second-order valence-corrected chi connectivity index (χ2v) is 9.47. The summed E-state index contributed by atoms with van der Waals surface area (Å²) in [6, 6.07) is 12.3. The van der Waals surface area contributed by atoms with Crippen LogP contribution in [0.4, 0.5) is 0 Å². The normalized spacial score (nSPS) is 16.5. The van der Waals surface area contributed by atoms with Crippen molar-refractivity contribution in [3.8, 4) is 0 Å². The lowest BCUT2D eigenvalue weighted by molar-refractivity contribution is 0.0939. The van der Waals surface area contributed by atoms with Gasteiger partial charge in [0.15, 0.2) is 0 Å². The van der Waals surface area contributed by atoms with Crippen LogP contribution in [0.3, 0.4) is 0 Å². The molecule has 0 aromatic heterocycles. The van der Waals surface area contributed by atoms with Gasteiger partial charge in [0, 0.05) is 18.7 Å². The van der Waals surface area contributed by atoms with Crippen LogP contribution in [0.2, 0.25) is 0 Å². The fraction of sp³-hybridized carbons (Fsp3) is 0.409. The molecule has 5 nitrogen and oxygen atoms in total. The molecular weight excluding hydrogens is 372 g/mol. The van der Waals surface area contributed by atoms with Gasteiger partial charge in [0.25, 0.3) is 5.91 Å². The molecule has 150 valence electrons. The summed E-state index contributed by atoms with van der Waals surface area (Å²) < 4.78 is 27.3. The van der Waals surface area contributed by atoms with Crippen molar-refractivity contribution in [1.29, 1.82) is 0 Å². The summed E-state index contributed by atoms with van der Waals surface area (Å²) in [5.74, 6) is -0.276. The van der Waals surface area contributed by atoms with E-state index in [1.807, 2.05) is 26.0 Å². The first-order valence-electron chi connectivity index (χ1n) is 9.77. The first kappa shape index (κ1) is 20.6. The Morgan fingerprint density at radius 1 is 1.00 bits per heavy atom. The van der Waals surface area contributed by atoms with Crippen LogP contribution in [0.5, 0.6) is 0 Å². The van der Waals surface area contributed by atoms with E-state index >= 15 is 0 Å². The minimum Gasteiger partial charge on any atom is -0.346 e. The van der Waals surface area contributed by atoms with E-state index < -0.39 is 10.0 Å². The molecule has 0 saturated carbocycles. The molecular formula is C22H28N2O3S. The number of carbonyl (C=O) groups excluding carboxylic acids is 1. The quantitative estimate of drug-likeness (QED) is 0.826. The minimum atomic E-state index is -3.56. The molecule has 1 fully saturated rings. The zero-order valence-corrected chi connectivity index (χ0v) is 17.6. The molecule has 6 heteroatoms. The summed E-state index contributed by atoms with van der Waals surface area (Å²) in [6.07, 6.45) is 2.82. The number of aryl methyl sites for hydroxylation is 2. The Morgan fingerprint density at radius 3 is 2.39 bits per heavy atom. The number of carbonyl (C=O) groups is 1. The number of hydrogen-bond acceptors (Lipinski definition) is 3. The van der Waals surface area contributed by atoms with Crippen LogP contribution in [0, 0.1) is 13.8 Å².